The molecule has 2 rings (SSSR count). The average Bonchev–Trinajstić information content (AvgIpc) is 3.34. The first-order chi connectivity index (χ1) is 11.7. The standard InChI is InChI=1S/C11H18N4O2.C3H8O.2C2H2/c1-11(2)4-8(16)15(10(13)14-11)5-6-3-7(6)9(12)17;1-3-4-2;2*1-2/h6-7H,3-5H2,1-2H3,(H2,12,17)(H2,13,14);3H2,1-2H3;2*1-2H/t6-,7?;;;/m1.../s1. The van der Waals surface area contributed by atoms with Gasteiger partial charge in [-0.15, -0.1) is 25.7 Å². The molecule has 1 heterocycles. The topological polar surface area (TPSA) is 111 Å². The number of guanidine groups is 1. The lowest BCUT2D eigenvalue weighted by molar-refractivity contribution is -0.129. The minimum Gasteiger partial charge on any atom is -0.385 e. The number of nitrogens with zero attached hydrogens (tertiary/aromatic N) is 2. The molecular formula is C18H30N4O3. The Kier molecular flexibility index (Phi) is 11.8. The molecule has 2 aliphatic rings. The van der Waals surface area contributed by atoms with E-state index in [1.165, 1.54) is 4.90 Å². The predicted octanol–water partition coefficient (Wildman–Crippen LogP) is 0.585. The summed E-state index contributed by atoms with van der Waals surface area (Å²) in [4.78, 5) is 28.6. The zero-order chi connectivity index (χ0) is 20.2. The summed E-state index contributed by atoms with van der Waals surface area (Å²) in [5.74, 6) is -0.0359. The highest BCUT2D eigenvalue weighted by atomic mass is 16.5. The van der Waals surface area contributed by atoms with Gasteiger partial charge in [-0.25, -0.2) is 4.99 Å². The quantitative estimate of drug-likeness (QED) is 0.723. The lowest BCUT2D eigenvalue weighted by Gasteiger charge is -2.32. The third-order valence-electron chi connectivity index (χ3n) is 3.57. The van der Waals surface area contributed by atoms with Gasteiger partial charge in [-0.05, 0) is 33.1 Å². The molecule has 1 aliphatic heterocycles. The van der Waals surface area contributed by atoms with E-state index in [9.17, 15) is 9.59 Å². The number of ether oxygens (including phenoxy) is 1. The van der Waals surface area contributed by atoms with E-state index in [0.717, 1.165) is 13.0 Å². The Bertz CT molecular complexity index is 501. The smallest absolute Gasteiger partial charge is 0.231 e. The monoisotopic (exact) mass is 350 g/mol. The Morgan fingerprint density at radius 3 is 2.16 bits per heavy atom. The van der Waals surface area contributed by atoms with E-state index in [-0.39, 0.29) is 29.6 Å². The highest BCUT2D eigenvalue weighted by molar-refractivity contribution is 5.99. The Morgan fingerprint density at radius 1 is 1.36 bits per heavy atom. The molecule has 0 aromatic rings. The Morgan fingerprint density at radius 2 is 1.84 bits per heavy atom. The number of hydrogen-bond acceptors (Lipinski definition) is 5. The lowest BCUT2D eigenvalue weighted by atomic mass is 9.99. The van der Waals surface area contributed by atoms with Gasteiger partial charge in [-0.1, -0.05) is 0 Å². The summed E-state index contributed by atoms with van der Waals surface area (Å²) in [7, 11) is 1.68. The van der Waals surface area contributed by atoms with Crippen molar-refractivity contribution in [2.45, 2.75) is 39.2 Å². The van der Waals surface area contributed by atoms with Gasteiger partial charge in [0, 0.05) is 26.2 Å². The summed E-state index contributed by atoms with van der Waals surface area (Å²) in [5, 5.41) is 0. The molecule has 2 atom stereocenters. The van der Waals surface area contributed by atoms with Gasteiger partial charge in [0.25, 0.3) is 0 Å². The van der Waals surface area contributed by atoms with Crippen LogP contribution in [0.5, 0.6) is 0 Å². The molecule has 0 aromatic heterocycles. The summed E-state index contributed by atoms with van der Waals surface area (Å²) in [6.07, 6.45) is 17.1. The van der Waals surface area contributed by atoms with Crippen molar-refractivity contribution in [1.82, 2.24) is 4.90 Å². The molecule has 25 heavy (non-hydrogen) atoms. The zero-order valence-electron chi connectivity index (χ0n) is 15.6. The van der Waals surface area contributed by atoms with E-state index >= 15 is 0 Å². The van der Waals surface area contributed by atoms with Gasteiger partial charge in [0.15, 0.2) is 5.96 Å². The van der Waals surface area contributed by atoms with E-state index in [1.54, 1.807) is 7.11 Å². The number of primary amides is 1. The number of terminal acetylenes is 2. The van der Waals surface area contributed by atoms with Crippen LogP contribution in [0.4, 0.5) is 0 Å². The van der Waals surface area contributed by atoms with Crippen LogP contribution in [0, 0.1) is 37.5 Å². The molecule has 0 bridgehead atoms. The van der Waals surface area contributed by atoms with E-state index < -0.39 is 5.54 Å². The number of nitrogens with two attached hydrogens (primary N) is 2. The molecular weight excluding hydrogens is 320 g/mol. The van der Waals surface area contributed by atoms with Crippen molar-refractivity contribution in [3.63, 3.8) is 0 Å². The van der Waals surface area contributed by atoms with Gasteiger partial charge in [0.05, 0.1) is 12.0 Å². The molecule has 1 fully saturated rings. The fraction of sp³-hybridized carbons (Fsp3) is 0.611. The minimum absolute atomic E-state index is 0.0300. The molecule has 0 saturated heterocycles. The molecule has 0 spiro atoms. The van der Waals surface area contributed by atoms with Crippen LogP contribution in [0.2, 0.25) is 0 Å². The minimum atomic E-state index is -0.426. The number of carbonyl (C=O) groups is 2. The molecule has 7 heteroatoms. The fourth-order valence-electron chi connectivity index (χ4n) is 2.23. The molecule has 140 valence electrons. The Balaban J connectivity index is 0. The first-order valence-electron chi connectivity index (χ1n) is 7.82. The maximum atomic E-state index is 11.9. The Hall–Kier alpha value is -2.51. The van der Waals surface area contributed by atoms with Gasteiger partial charge >= 0.3 is 0 Å². The second-order valence-corrected chi connectivity index (χ2v) is 6.05. The molecule has 1 unspecified atom stereocenters. The number of hydrogen-bond donors (Lipinski definition) is 2. The summed E-state index contributed by atoms with van der Waals surface area (Å²) < 4.78 is 4.54. The summed E-state index contributed by atoms with van der Waals surface area (Å²) >= 11 is 0. The maximum Gasteiger partial charge on any atom is 0.231 e. The normalized spacial score (nSPS) is 22.5. The van der Waals surface area contributed by atoms with Gasteiger partial charge in [-0.3, -0.25) is 14.5 Å². The average molecular weight is 350 g/mol. The van der Waals surface area contributed by atoms with Crippen molar-refractivity contribution >= 4 is 17.8 Å². The second-order valence-electron chi connectivity index (χ2n) is 6.05. The van der Waals surface area contributed by atoms with Crippen molar-refractivity contribution in [1.29, 1.82) is 0 Å². The van der Waals surface area contributed by atoms with Crippen molar-refractivity contribution in [2.24, 2.45) is 28.3 Å². The van der Waals surface area contributed by atoms with Gasteiger partial charge in [0.2, 0.25) is 11.8 Å². The highest BCUT2D eigenvalue weighted by Crippen LogP contribution is 2.39. The van der Waals surface area contributed by atoms with E-state index in [0.29, 0.717) is 13.0 Å². The summed E-state index contributed by atoms with van der Waals surface area (Å²) in [6.45, 7) is 6.98. The fourth-order valence-corrected chi connectivity index (χ4v) is 2.23. The molecule has 0 aromatic carbocycles. The zero-order valence-corrected chi connectivity index (χ0v) is 15.6. The number of methoxy groups -OCH3 is 1. The molecule has 0 radical (unpaired) electrons. The lowest BCUT2D eigenvalue weighted by Crippen LogP contribution is -2.50. The van der Waals surface area contributed by atoms with Gasteiger partial charge in [0.1, 0.15) is 0 Å². The first kappa shape index (κ1) is 24.7. The maximum absolute atomic E-state index is 11.9. The molecule has 7 nitrogen and oxygen atoms in total. The van der Waals surface area contributed by atoms with E-state index in [2.05, 4.69) is 35.4 Å². The Labute approximate surface area is 151 Å². The van der Waals surface area contributed by atoms with Gasteiger partial charge < -0.3 is 16.2 Å². The highest BCUT2D eigenvalue weighted by Gasteiger charge is 2.45. The largest absolute Gasteiger partial charge is 0.385 e. The first-order valence-corrected chi connectivity index (χ1v) is 7.82. The number of amides is 2. The third kappa shape index (κ3) is 8.78. The van der Waals surface area contributed by atoms with Crippen molar-refractivity contribution in [3.8, 4) is 25.7 Å². The SMILES string of the molecule is C#C.C#C.CC1(C)CC(=O)N(C[C@H]2CC2C(N)=O)C(N)=N1.CCOC. The molecule has 4 N–H and O–H groups in total. The van der Waals surface area contributed by atoms with Crippen molar-refractivity contribution < 1.29 is 14.3 Å². The predicted molar refractivity (Wildman–Crippen MR) is 100 cm³/mol. The van der Waals surface area contributed by atoms with Crippen LogP contribution < -0.4 is 11.5 Å². The number of carbonyl (C=O) groups excluding carboxylic acids is 2. The summed E-state index contributed by atoms with van der Waals surface area (Å²) in [6, 6.07) is 0. The van der Waals surface area contributed by atoms with Crippen LogP contribution in [0.25, 0.3) is 0 Å². The number of aliphatic imine (C=N–C) groups is 1. The van der Waals surface area contributed by atoms with Crippen molar-refractivity contribution in [3.05, 3.63) is 0 Å². The van der Waals surface area contributed by atoms with Crippen molar-refractivity contribution in [2.75, 3.05) is 20.3 Å². The van der Waals surface area contributed by atoms with Crippen LogP contribution in [-0.4, -0.2) is 48.5 Å². The van der Waals surface area contributed by atoms with E-state index in [4.69, 9.17) is 11.5 Å². The summed E-state index contributed by atoms with van der Waals surface area (Å²) in [5.41, 5.74) is 10.6. The van der Waals surface area contributed by atoms with Crippen LogP contribution in [-0.2, 0) is 14.3 Å². The van der Waals surface area contributed by atoms with Crippen LogP contribution in [0.15, 0.2) is 4.99 Å². The van der Waals surface area contributed by atoms with E-state index in [1.807, 2.05) is 20.8 Å². The number of rotatable bonds is 4. The molecule has 1 aliphatic carbocycles. The third-order valence-corrected chi connectivity index (χ3v) is 3.57. The second kappa shape index (κ2) is 11.9. The van der Waals surface area contributed by atoms with Gasteiger partial charge in [-0.2, -0.15) is 0 Å². The van der Waals surface area contributed by atoms with Crippen LogP contribution in [0.1, 0.15) is 33.6 Å². The van der Waals surface area contributed by atoms with Crippen LogP contribution in [0.3, 0.4) is 0 Å². The molecule has 1 saturated carbocycles. The van der Waals surface area contributed by atoms with Crippen LogP contribution >= 0.6 is 0 Å². The molecule has 2 amide bonds.